The van der Waals surface area contributed by atoms with Crippen molar-refractivity contribution in [3.63, 3.8) is 0 Å². The lowest BCUT2D eigenvalue weighted by Crippen LogP contribution is -2.50. The van der Waals surface area contributed by atoms with Crippen molar-refractivity contribution in [3.05, 3.63) is 35.9 Å². The predicted molar refractivity (Wildman–Crippen MR) is 137 cm³/mol. The number of hydrogen-bond acceptors (Lipinski definition) is 10. The molecule has 0 radical (unpaired) electrons. The highest BCUT2D eigenvalue weighted by Gasteiger charge is 2.27. The Morgan fingerprint density at radius 3 is 2.57 bits per heavy atom. The van der Waals surface area contributed by atoms with Crippen molar-refractivity contribution >= 4 is 29.7 Å². The second kappa shape index (κ2) is 17.3. The van der Waals surface area contributed by atoms with E-state index in [1.54, 1.807) is 12.0 Å². The number of alkyl carbamates (subject to hydrolysis) is 1. The number of carbonyl (C=O) groups excluding carboxylic acids is 3. The van der Waals surface area contributed by atoms with Crippen molar-refractivity contribution in [3.8, 4) is 0 Å². The van der Waals surface area contributed by atoms with Gasteiger partial charge in [-0.25, -0.2) is 9.48 Å². The van der Waals surface area contributed by atoms with E-state index in [2.05, 4.69) is 32.5 Å². The minimum absolute atomic E-state index is 0.0756. The summed E-state index contributed by atoms with van der Waals surface area (Å²) in [5, 5.41) is 14.4. The fourth-order valence-corrected chi connectivity index (χ4v) is 4.22. The Kier molecular flexibility index (Phi) is 14.0. The molecule has 0 fully saturated rings. The lowest BCUT2D eigenvalue weighted by molar-refractivity contribution is -0.141. The van der Waals surface area contributed by atoms with Gasteiger partial charge in [0.05, 0.1) is 7.11 Å². The van der Waals surface area contributed by atoms with Crippen LogP contribution >= 0.6 is 11.8 Å². The van der Waals surface area contributed by atoms with Gasteiger partial charge in [0.25, 0.3) is 0 Å². The molecule has 0 aliphatic carbocycles. The first-order valence-corrected chi connectivity index (χ1v) is 13.2. The van der Waals surface area contributed by atoms with Crippen molar-refractivity contribution in [1.29, 1.82) is 0 Å². The number of nitrogens with one attached hydrogen (secondary N) is 1. The maximum Gasteiger partial charge on any atom is 0.408 e. The molecule has 0 saturated carbocycles. The van der Waals surface area contributed by atoms with E-state index < -0.39 is 18.1 Å². The van der Waals surface area contributed by atoms with E-state index >= 15 is 0 Å². The molecule has 12 nitrogen and oxygen atoms in total. The summed E-state index contributed by atoms with van der Waals surface area (Å²) in [6.45, 7) is 3.59. The molecule has 13 heteroatoms. The van der Waals surface area contributed by atoms with Crippen LogP contribution in [0.1, 0.15) is 38.2 Å². The summed E-state index contributed by atoms with van der Waals surface area (Å²) in [6, 6.07) is 8.37. The fourth-order valence-electron chi connectivity index (χ4n) is 3.33. The van der Waals surface area contributed by atoms with E-state index in [1.807, 2.05) is 30.3 Å². The summed E-state index contributed by atoms with van der Waals surface area (Å²) in [6.07, 6.45) is 2.83. The fraction of sp³-hybridized carbons (Fsp3) is 0.583. The second-order valence-electron chi connectivity index (χ2n) is 8.14. The van der Waals surface area contributed by atoms with Gasteiger partial charge in [0.1, 0.15) is 19.2 Å². The van der Waals surface area contributed by atoms with Gasteiger partial charge in [-0.3, -0.25) is 9.59 Å². The summed E-state index contributed by atoms with van der Waals surface area (Å²) in [5.41, 5.74) is 0.831. The molecule has 204 valence electrons. The molecule has 37 heavy (non-hydrogen) atoms. The number of amides is 2. The number of esters is 1. The predicted octanol–water partition coefficient (Wildman–Crippen LogP) is 2.29. The standard InChI is InChI=1S/C24H36N6O6S/c1-4-5-9-13-29(14-10-15-34-2)22(32)20(25-24(33)36-17-19-11-7-6-8-12-19)18-37-23-26-27-28-30(23)16-21(31)35-3/h6-8,11-12,20H,4-5,9-10,13-18H2,1-3H3,(H,25,33)/t20-/m0/s1. The summed E-state index contributed by atoms with van der Waals surface area (Å²) in [4.78, 5) is 39.6. The minimum atomic E-state index is -0.902. The summed E-state index contributed by atoms with van der Waals surface area (Å²) in [5.74, 6) is -0.608. The van der Waals surface area contributed by atoms with Crippen LogP contribution in [-0.4, -0.2) is 88.8 Å². The van der Waals surface area contributed by atoms with Gasteiger partial charge in [-0.1, -0.05) is 61.9 Å². The Bertz CT molecular complexity index is 950. The molecule has 2 amide bonds. The number of unbranched alkanes of at least 4 members (excludes halogenated alkanes) is 2. The number of hydrogen-bond donors (Lipinski definition) is 1. The highest BCUT2D eigenvalue weighted by atomic mass is 32.2. The zero-order valence-electron chi connectivity index (χ0n) is 21.6. The van der Waals surface area contributed by atoms with Gasteiger partial charge in [-0.2, -0.15) is 0 Å². The van der Waals surface area contributed by atoms with Crippen molar-refractivity contribution in [2.45, 2.75) is 57.0 Å². The minimum Gasteiger partial charge on any atom is -0.468 e. The van der Waals surface area contributed by atoms with Gasteiger partial charge >= 0.3 is 12.1 Å². The molecular weight excluding hydrogens is 500 g/mol. The van der Waals surface area contributed by atoms with Crippen LogP contribution in [-0.2, 0) is 37.0 Å². The van der Waals surface area contributed by atoms with Crippen LogP contribution in [0, 0.1) is 0 Å². The van der Waals surface area contributed by atoms with Crippen LogP contribution in [0.2, 0.25) is 0 Å². The number of thioether (sulfide) groups is 1. The van der Waals surface area contributed by atoms with Crippen LogP contribution in [0.4, 0.5) is 4.79 Å². The van der Waals surface area contributed by atoms with Gasteiger partial charge in [-0.05, 0) is 28.8 Å². The van der Waals surface area contributed by atoms with E-state index in [0.29, 0.717) is 31.3 Å². The van der Waals surface area contributed by atoms with Crippen LogP contribution in [0.25, 0.3) is 0 Å². The smallest absolute Gasteiger partial charge is 0.408 e. The number of aromatic nitrogens is 4. The maximum atomic E-state index is 13.6. The van der Waals surface area contributed by atoms with Crippen LogP contribution in [0.15, 0.2) is 35.5 Å². The molecule has 1 aromatic heterocycles. The molecule has 0 aliphatic rings. The van der Waals surface area contributed by atoms with Gasteiger partial charge < -0.3 is 24.4 Å². The first-order valence-electron chi connectivity index (χ1n) is 12.2. The number of benzene rings is 1. The lowest BCUT2D eigenvalue weighted by Gasteiger charge is -2.27. The molecule has 2 aromatic rings. The molecule has 2 rings (SSSR count). The Hall–Kier alpha value is -3.19. The van der Waals surface area contributed by atoms with Gasteiger partial charge in [0.2, 0.25) is 11.1 Å². The molecular formula is C24H36N6O6S. The number of carbonyl (C=O) groups is 3. The van der Waals surface area contributed by atoms with Gasteiger partial charge in [0.15, 0.2) is 0 Å². The molecule has 0 spiro atoms. The zero-order chi connectivity index (χ0) is 26.9. The second-order valence-corrected chi connectivity index (χ2v) is 9.13. The number of rotatable bonds is 17. The number of methoxy groups -OCH3 is 2. The average Bonchev–Trinajstić information content (AvgIpc) is 3.35. The van der Waals surface area contributed by atoms with Crippen LogP contribution in [0.3, 0.4) is 0 Å². The maximum absolute atomic E-state index is 13.6. The largest absolute Gasteiger partial charge is 0.468 e. The quantitative estimate of drug-likeness (QED) is 0.182. The third kappa shape index (κ3) is 11.2. The van der Waals surface area contributed by atoms with Crippen molar-refractivity contribution in [2.75, 3.05) is 39.7 Å². The third-order valence-electron chi connectivity index (χ3n) is 5.31. The van der Waals surface area contributed by atoms with Crippen molar-refractivity contribution < 1.29 is 28.6 Å². The molecule has 0 unspecified atom stereocenters. The zero-order valence-corrected chi connectivity index (χ0v) is 22.4. The summed E-state index contributed by atoms with van der Waals surface area (Å²) < 4.78 is 16.5. The van der Waals surface area contributed by atoms with E-state index in [9.17, 15) is 14.4 Å². The highest BCUT2D eigenvalue weighted by molar-refractivity contribution is 7.99. The molecule has 1 N–H and O–H groups in total. The average molecular weight is 537 g/mol. The Morgan fingerprint density at radius 1 is 1.11 bits per heavy atom. The lowest BCUT2D eigenvalue weighted by atomic mass is 10.2. The van der Waals surface area contributed by atoms with Gasteiger partial charge in [0, 0.05) is 32.6 Å². The topological polar surface area (TPSA) is 138 Å². The normalized spacial score (nSPS) is 11.5. The van der Waals surface area contributed by atoms with E-state index in [-0.39, 0.29) is 24.8 Å². The molecule has 0 bridgehead atoms. The first-order chi connectivity index (χ1) is 18.0. The SMILES string of the molecule is CCCCCN(CCCOC)C(=O)[C@H](CSc1nnnn1CC(=O)OC)NC(=O)OCc1ccccc1. The third-order valence-corrected chi connectivity index (χ3v) is 6.36. The Morgan fingerprint density at radius 2 is 1.86 bits per heavy atom. The first kappa shape index (κ1) is 30.0. The molecule has 1 aromatic carbocycles. The Balaban J connectivity index is 2.12. The van der Waals surface area contributed by atoms with E-state index in [1.165, 1.54) is 11.8 Å². The van der Waals surface area contributed by atoms with E-state index in [4.69, 9.17) is 9.47 Å². The number of nitrogens with zero attached hydrogens (tertiary/aromatic N) is 5. The molecule has 0 saturated heterocycles. The number of tetrazole rings is 1. The van der Waals surface area contributed by atoms with Gasteiger partial charge in [-0.15, -0.1) is 5.10 Å². The van der Waals surface area contributed by atoms with E-state index in [0.717, 1.165) is 36.6 Å². The monoisotopic (exact) mass is 536 g/mol. The summed E-state index contributed by atoms with van der Waals surface area (Å²) in [7, 11) is 2.89. The van der Waals surface area contributed by atoms with Crippen LogP contribution < -0.4 is 5.32 Å². The van der Waals surface area contributed by atoms with Crippen molar-refractivity contribution in [2.24, 2.45) is 0 Å². The summed E-state index contributed by atoms with van der Waals surface area (Å²) >= 11 is 1.15. The van der Waals surface area contributed by atoms with Crippen LogP contribution in [0.5, 0.6) is 0 Å². The Labute approximate surface area is 221 Å². The van der Waals surface area contributed by atoms with Crippen molar-refractivity contribution in [1.82, 2.24) is 30.4 Å². The highest BCUT2D eigenvalue weighted by Crippen LogP contribution is 2.17. The molecule has 1 heterocycles. The molecule has 1 atom stereocenters. The molecule has 0 aliphatic heterocycles. The number of ether oxygens (including phenoxy) is 3.